The van der Waals surface area contributed by atoms with E-state index in [0.29, 0.717) is 18.6 Å². The average Bonchev–Trinajstić information content (AvgIpc) is 2.63. The van der Waals surface area contributed by atoms with Crippen molar-refractivity contribution in [2.24, 2.45) is 0 Å². The number of benzene rings is 1. The monoisotopic (exact) mass is 278 g/mol. The maximum atomic E-state index is 10.9. The van der Waals surface area contributed by atoms with E-state index in [2.05, 4.69) is 0 Å². The largest absolute Gasteiger partial charge is 0.496 e. The summed E-state index contributed by atoms with van der Waals surface area (Å²) in [7, 11) is 1.61. The summed E-state index contributed by atoms with van der Waals surface area (Å²) in [6, 6.07) is 3.95. The van der Waals surface area contributed by atoms with E-state index in [1.807, 2.05) is 26.0 Å². The first kappa shape index (κ1) is 15.3. The molecule has 2 N–H and O–H groups in total. The minimum Gasteiger partial charge on any atom is -0.496 e. The molecule has 0 saturated heterocycles. The Labute approximate surface area is 121 Å². The SMILES string of the molecule is COc1cc(C)cc(C)c1C(O)C1(O)CCCCCC1. The molecule has 112 valence electrons. The van der Waals surface area contributed by atoms with E-state index in [1.54, 1.807) is 7.11 Å². The third kappa shape index (κ3) is 2.99. The summed E-state index contributed by atoms with van der Waals surface area (Å²) in [6.45, 7) is 3.97. The Hall–Kier alpha value is -1.06. The van der Waals surface area contributed by atoms with Crippen LogP contribution in [0.15, 0.2) is 12.1 Å². The van der Waals surface area contributed by atoms with Crippen molar-refractivity contribution in [3.63, 3.8) is 0 Å². The molecule has 1 aromatic rings. The lowest BCUT2D eigenvalue weighted by atomic mass is 9.82. The number of aliphatic hydroxyl groups excluding tert-OH is 1. The van der Waals surface area contributed by atoms with Gasteiger partial charge in [0.15, 0.2) is 0 Å². The average molecular weight is 278 g/mol. The molecule has 1 fully saturated rings. The predicted octanol–water partition coefficient (Wildman–Crippen LogP) is 3.43. The van der Waals surface area contributed by atoms with Crippen molar-refractivity contribution in [2.45, 2.75) is 64.1 Å². The van der Waals surface area contributed by atoms with E-state index >= 15 is 0 Å². The summed E-state index contributed by atoms with van der Waals surface area (Å²) >= 11 is 0. The van der Waals surface area contributed by atoms with E-state index < -0.39 is 11.7 Å². The zero-order valence-electron chi connectivity index (χ0n) is 12.8. The van der Waals surface area contributed by atoms with Gasteiger partial charge >= 0.3 is 0 Å². The fourth-order valence-electron chi connectivity index (χ4n) is 3.34. The summed E-state index contributed by atoms with van der Waals surface area (Å²) in [4.78, 5) is 0. The van der Waals surface area contributed by atoms with Gasteiger partial charge in [0.05, 0.1) is 12.7 Å². The molecule has 1 unspecified atom stereocenters. The van der Waals surface area contributed by atoms with Crippen LogP contribution in [0.2, 0.25) is 0 Å². The van der Waals surface area contributed by atoms with Gasteiger partial charge in [-0.15, -0.1) is 0 Å². The first-order chi connectivity index (χ1) is 9.48. The molecule has 1 aliphatic carbocycles. The fourth-order valence-corrected chi connectivity index (χ4v) is 3.34. The highest BCUT2D eigenvalue weighted by Gasteiger charge is 2.38. The van der Waals surface area contributed by atoms with Gasteiger partial charge in [-0.25, -0.2) is 0 Å². The molecule has 0 aliphatic heterocycles. The molecule has 0 heterocycles. The molecule has 0 amide bonds. The van der Waals surface area contributed by atoms with Crippen molar-refractivity contribution in [2.75, 3.05) is 7.11 Å². The van der Waals surface area contributed by atoms with Gasteiger partial charge in [0.25, 0.3) is 0 Å². The number of rotatable bonds is 3. The Morgan fingerprint density at radius 3 is 2.25 bits per heavy atom. The molecule has 3 heteroatoms. The highest BCUT2D eigenvalue weighted by Crippen LogP contribution is 2.42. The quantitative estimate of drug-likeness (QED) is 0.833. The van der Waals surface area contributed by atoms with E-state index in [0.717, 1.165) is 42.4 Å². The lowest BCUT2D eigenvalue weighted by Crippen LogP contribution is -2.36. The fraction of sp³-hybridized carbons (Fsp3) is 0.647. The van der Waals surface area contributed by atoms with Crippen molar-refractivity contribution in [1.82, 2.24) is 0 Å². The van der Waals surface area contributed by atoms with Gasteiger partial charge in [0.1, 0.15) is 11.9 Å². The summed E-state index contributed by atoms with van der Waals surface area (Å²) in [6.07, 6.45) is 4.66. The van der Waals surface area contributed by atoms with E-state index in [4.69, 9.17) is 4.74 Å². The van der Waals surface area contributed by atoms with Gasteiger partial charge in [0, 0.05) is 5.56 Å². The van der Waals surface area contributed by atoms with Gasteiger partial charge in [0.2, 0.25) is 0 Å². The number of ether oxygens (including phenoxy) is 1. The molecule has 1 aliphatic rings. The van der Waals surface area contributed by atoms with Crippen LogP contribution in [0.3, 0.4) is 0 Å². The normalized spacial score (nSPS) is 20.2. The van der Waals surface area contributed by atoms with Crippen LogP contribution in [0.4, 0.5) is 0 Å². The van der Waals surface area contributed by atoms with Crippen LogP contribution in [0, 0.1) is 13.8 Å². The van der Waals surface area contributed by atoms with Crippen LogP contribution >= 0.6 is 0 Å². The Balaban J connectivity index is 2.39. The van der Waals surface area contributed by atoms with Crippen LogP contribution < -0.4 is 4.74 Å². The summed E-state index contributed by atoms with van der Waals surface area (Å²) in [5.74, 6) is 0.674. The van der Waals surface area contributed by atoms with Crippen molar-refractivity contribution in [1.29, 1.82) is 0 Å². The first-order valence-corrected chi connectivity index (χ1v) is 7.53. The van der Waals surface area contributed by atoms with Gasteiger partial charge in [-0.3, -0.25) is 0 Å². The Morgan fingerprint density at radius 2 is 1.70 bits per heavy atom. The summed E-state index contributed by atoms with van der Waals surface area (Å²) < 4.78 is 5.42. The molecule has 0 spiro atoms. The smallest absolute Gasteiger partial charge is 0.125 e. The topological polar surface area (TPSA) is 49.7 Å². The second-order valence-corrected chi connectivity index (χ2v) is 6.12. The van der Waals surface area contributed by atoms with Crippen LogP contribution in [0.5, 0.6) is 5.75 Å². The highest BCUT2D eigenvalue weighted by molar-refractivity contribution is 5.45. The molecular formula is C17H26O3. The van der Waals surface area contributed by atoms with Crippen molar-refractivity contribution < 1.29 is 14.9 Å². The van der Waals surface area contributed by atoms with Crippen molar-refractivity contribution in [3.05, 3.63) is 28.8 Å². The Morgan fingerprint density at radius 1 is 1.10 bits per heavy atom. The van der Waals surface area contributed by atoms with Crippen LogP contribution in [-0.2, 0) is 0 Å². The minimum absolute atomic E-state index is 0.657. The van der Waals surface area contributed by atoms with E-state index in [9.17, 15) is 10.2 Å². The molecule has 2 rings (SSSR count). The van der Waals surface area contributed by atoms with Gasteiger partial charge in [-0.2, -0.15) is 0 Å². The number of hydrogen-bond donors (Lipinski definition) is 2. The number of aliphatic hydroxyl groups is 2. The van der Waals surface area contributed by atoms with Crippen LogP contribution in [-0.4, -0.2) is 22.9 Å². The summed E-state index contributed by atoms with van der Waals surface area (Å²) in [5, 5.41) is 21.7. The lowest BCUT2D eigenvalue weighted by Gasteiger charge is -2.34. The molecule has 0 radical (unpaired) electrons. The zero-order chi connectivity index (χ0) is 14.8. The maximum Gasteiger partial charge on any atom is 0.125 e. The molecule has 3 nitrogen and oxygen atoms in total. The first-order valence-electron chi connectivity index (χ1n) is 7.53. The number of hydrogen-bond acceptors (Lipinski definition) is 3. The maximum absolute atomic E-state index is 10.9. The molecule has 1 aromatic carbocycles. The van der Waals surface area contributed by atoms with Gasteiger partial charge in [-0.05, 0) is 43.9 Å². The molecular weight excluding hydrogens is 252 g/mol. The predicted molar refractivity (Wildman–Crippen MR) is 80.1 cm³/mol. The van der Waals surface area contributed by atoms with Crippen molar-refractivity contribution >= 4 is 0 Å². The van der Waals surface area contributed by atoms with Crippen LogP contribution in [0.25, 0.3) is 0 Å². The Bertz CT molecular complexity index is 460. The highest BCUT2D eigenvalue weighted by atomic mass is 16.5. The van der Waals surface area contributed by atoms with Crippen molar-refractivity contribution in [3.8, 4) is 5.75 Å². The number of aryl methyl sites for hydroxylation is 2. The molecule has 0 bridgehead atoms. The standard InChI is InChI=1S/C17H26O3/c1-12-10-13(2)15(14(11-12)20-3)16(18)17(19)8-6-4-5-7-9-17/h10-11,16,18-19H,4-9H2,1-3H3. The minimum atomic E-state index is -1.02. The molecule has 0 aromatic heterocycles. The Kier molecular flexibility index (Phi) is 4.71. The van der Waals surface area contributed by atoms with Crippen LogP contribution in [0.1, 0.15) is 61.3 Å². The lowest BCUT2D eigenvalue weighted by molar-refractivity contribution is -0.0877. The third-order valence-corrected chi connectivity index (χ3v) is 4.46. The second-order valence-electron chi connectivity index (χ2n) is 6.12. The molecule has 20 heavy (non-hydrogen) atoms. The second kappa shape index (κ2) is 6.15. The number of methoxy groups -OCH3 is 1. The molecule has 1 saturated carbocycles. The van der Waals surface area contributed by atoms with E-state index in [1.165, 1.54) is 0 Å². The zero-order valence-corrected chi connectivity index (χ0v) is 12.8. The third-order valence-electron chi connectivity index (χ3n) is 4.46. The van der Waals surface area contributed by atoms with Gasteiger partial charge < -0.3 is 14.9 Å². The molecule has 1 atom stereocenters. The summed E-state index contributed by atoms with van der Waals surface area (Å²) in [5.41, 5.74) is 1.79. The van der Waals surface area contributed by atoms with E-state index in [-0.39, 0.29) is 0 Å². The van der Waals surface area contributed by atoms with Gasteiger partial charge in [-0.1, -0.05) is 31.7 Å².